The van der Waals surface area contributed by atoms with Gasteiger partial charge in [0.2, 0.25) is 5.91 Å². The predicted octanol–water partition coefficient (Wildman–Crippen LogP) is 3.85. The first-order valence-electron chi connectivity index (χ1n) is 8.75. The molecule has 1 aromatic carbocycles. The molecule has 1 aliphatic heterocycles. The molecule has 2 heterocycles. The Labute approximate surface area is 153 Å². The lowest BCUT2D eigenvalue weighted by Crippen LogP contribution is -2.57. The second kappa shape index (κ2) is 7.58. The SMILES string of the molecule is CCOc1cccc(CNC(=O)CN2CC(C)(C)[C@H]2c2cccs2)c1. The van der Waals surface area contributed by atoms with E-state index in [4.69, 9.17) is 4.74 Å². The Bertz CT molecular complexity index is 712. The first-order valence-corrected chi connectivity index (χ1v) is 9.63. The van der Waals surface area contributed by atoms with Gasteiger partial charge in [-0.3, -0.25) is 9.69 Å². The van der Waals surface area contributed by atoms with Gasteiger partial charge in [0.1, 0.15) is 5.75 Å². The highest BCUT2D eigenvalue weighted by Crippen LogP contribution is 2.49. The van der Waals surface area contributed by atoms with Crippen LogP contribution in [0.1, 0.15) is 37.3 Å². The highest BCUT2D eigenvalue weighted by molar-refractivity contribution is 7.10. The van der Waals surface area contributed by atoms with Crippen molar-refractivity contribution >= 4 is 17.2 Å². The highest BCUT2D eigenvalue weighted by atomic mass is 32.1. The number of rotatable bonds is 7. The number of carbonyl (C=O) groups excluding carboxylic acids is 1. The zero-order valence-corrected chi connectivity index (χ0v) is 15.9. The summed E-state index contributed by atoms with van der Waals surface area (Å²) in [6, 6.07) is 12.5. The third kappa shape index (κ3) is 4.22. The Kier molecular flexibility index (Phi) is 5.45. The lowest BCUT2D eigenvalue weighted by molar-refractivity contribution is -0.129. The largest absolute Gasteiger partial charge is 0.494 e. The van der Waals surface area contributed by atoms with Crippen LogP contribution in [0, 0.1) is 5.41 Å². The van der Waals surface area contributed by atoms with Gasteiger partial charge in [0.15, 0.2) is 0 Å². The van der Waals surface area contributed by atoms with Crippen molar-refractivity contribution in [3.63, 3.8) is 0 Å². The summed E-state index contributed by atoms with van der Waals surface area (Å²) in [5.74, 6) is 0.912. The number of ether oxygens (including phenoxy) is 1. The van der Waals surface area contributed by atoms with Gasteiger partial charge in [0.25, 0.3) is 0 Å². The van der Waals surface area contributed by atoms with Gasteiger partial charge >= 0.3 is 0 Å². The van der Waals surface area contributed by atoms with E-state index in [1.807, 2.05) is 31.2 Å². The third-order valence-electron chi connectivity index (χ3n) is 4.57. The standard InChI is InChI=1S/C20H26N2O2S/c1-4-24-16-8-5-7-15(11-16)12-21-18(23)13-22-14-20(2,3)19(22)17-9-6-10-25-17/h5-11,19H,4,12-14H2,1-3H3,(H,21,23)/t19-/m1/s1. The second-order valence-corrected chi connectivity index (χ2v) is 8.15. The molecule has 0 saturated carbocycles. The summed E-state index contributed by atoms with van der Waals surface area (Å²) in [6.07, 6.45) is 0. The van der Waals surface area contributed by atoms with Crippen molar-refractivity contribution in [1.29, 1.82) is 0 Å². The summed E-state index contributed by atoms with van der Waals surface area (Å²) in [6.45, 7) is 9.06. The van der Waals surface area contributed by atoms with Gasteiger partial charge in [-0.2, -0.15) is 0 Å². The molecule has 2 aromatic rings. The second-order valence-electron chi connectivity index (χ2n) is 7.17. The smallest absolute Gasteiger partial charge is 0.234 e. The monoisotopic (exact) mass is 358 g/mol. The van der Waals surface area contributed by atoms with Gasteiger partial charge in [-0.05, 0) is 41.5 Å². The fourth-order valence-electron chi connectivity index (χ4n) is 3.60. The number of hydrogen-bond donors (Lipinski definition) is 1. The van der Waals surface area contributed by atoms with Crippen LogP contribution in [0.15, 0.2) is 41.8 Å². The van der Waals surface area contributed by atoms with Crippen molar-refractivity contribution in [3.8, 4) is 5.75 Å². The number of likely N-dealkylation sites (tertiary alicyclic amines) is 1. The summed E-state index contributed by atoms with van der Waals surface area (Å²) >= 11 is 1.77. The Morgan fingerprint density at radius 3 is 2.88 bits per heavy atom. The van der Waals surface area contributed by atoms with E-state index in [2.05, 4.69) is 41.6 Å². The molecule has 1 saturated heterocycles. The molecule has 0 bridgehead atoms. The van der Waals surface area contributed by atoms with Gasteiger partial charge < -0.3 is 10.1 Å². The van der Waals surface area contributed by atoms with Crippen LogP contribution in [0.5, 0.6) is 5.75 Å². The van der Waals surface area contributed by atoms with Crippen molar-refractivity contribution in [3.05, 3.63) is 52.2 Å². The van der Waals surface area contributed by atoms with Crippen LogP contribution >= 0.6 is 11.3 Å². The topological polar surface area (TPSA) is 41.6 Å². The lowest BCUT2D eigenvalue weighted by Gasteiger charge is -2.53. The Balaban J connectivity index is 1.54. The summed E-state index contributed by atoms with van der Waals surface area (Å²) in [5.41, 5.74) is 1.27. The third-order valence-corrected chi connectivity index (χ3v) is 5.50. The maximum absolute atomic E-state index is 12.4. The molecule has 1 amide bonds. The minimum absolute atomic E-state index is 0.0684. The molecule has 134 valence electrons. The average molecular weight is 359 g/mol. The number of thiophene rings is 1. The molecular weight excluding hydrogens is 332 g/mol. The van der Waals surface area contributed by atoms with Crippen LogP contribution in [0.4, 0.5) is 0 Å². The number of nitrogens with zero attached hydrogens (tertiary/aromatic N) is 1. The fraction of sp³-hybridized carbons (Fsp3) is 0.450. The Hall–Kier alpha value is -1.85. The minimum Gasteiger partial charge on any atom is -0.494 e. The molecule has 25 heavy (non-hydrogen) atoms. The molecule has 1 aromatic heterocycles. The number of amides is 1. The van der Waals surface area contributed by atoms with E-state index >= 15 is 0 Å². The Morgan fingerprint density at radius 1 is 1.36 bits per heavy atom. The van der Waals surface area contributed by atoms with Gasteiger partial charge in [-0.15, -0.1) is 11.3 Å². The summed E-state index contributed by atoms with van der Waals surface area (Å²) < 4.78 is 5.50. The molecule has 0 radical (unpaired) electrons. The molecule has 1 aliphatic rings. The van der Waals surface area contributed by atoms with Gasteiger partial charge in [0, 0.05) is 18.0 Å². The minimum atomic E-state index is 0.0684. The van der Waals surface area contributed by atoms with Gasteiger partial charge in [-0.1, -0.05) is 32.0 Å². The zero-order valence-electron chi connectivity index (χ0n) is 15.1. The molecule has 3 rings (SSSR count). The van der Waals surface area contributed by atoms with Crippen LogP contribution in [0.3, 0.4) is 0 Å². The van der Waals surface area contributed by atoms with E-state index in [0.717, 1.165) is 17.9 Å². The van der Waals surface area contributed by atoms with E-state index in [-0.39, 0.29) is 11.3 Å². The lowest BCUT2D eigenvalue weighted by atomic mass is 9.74. The first kappa shape index (κ1) is 18.0. The number of benzene rings is 1. The zero-order chi connectivity index (χ0) is 17.9. The molecule has 1 N–H and O–H groups in total. The van der Waals surface area contributed by atoms with Crippen molar-refractivity contribution in [2.75, 3.05) is 19.7 Å². The maximum Gasteiger partial charge on any atom is 0.234 e. The molecule has 1 fully saturated rings. The van der Waals surface area contributed by atoms with Crippen molar-refractivity contribution in [1.82, 2.24) is 10.2 Å². The molecule has 0 spiro atoms. The van der Waals surface area contributed by atoms with Crippen LogP contribution in [-0.4, -0.2) is 30.5 Å². The summed E-state index contributed by atoms with van der Waals surface area (Å²) in [7, 11) is 0. The van der Waals surface area contributed by atoms with Gasteiger partial charge in [0.05, 0.1) is 19.2 Å². The first-order chi connectivity index (χ1) is 12.0. The summed E-state index contributed by atoms with van der Waals surface area (Å²) in [4.78, 5) is 16.0. The molecule has 0 aliphatic carbocycles. The quantitative estimate of drug-likeness (QED) is 0.817. The van der Waals surface area contributed by atoms with E-state index in [1.165, 1.54) is 4.88 Å². The molecular formula is C20H26N2O2S. The van der Waals surface area contributed by atoms with E-state index < -0.39 is 0 Å². The van der Waals surface area contributed by atoms with Crippen LogP contribution in [0.2, 0.25) is 0 Å². The Morgan fingerprint density at radius 2 is 2.20 bits per heavy atom. The molecule has 5 heteroatoms. The molecule has 0 unspecified atom stereocenters. The van der Waals surface area contributed by atoms with Crippen LogP contribution in [0.25, 0.3) is 0 Å². The molecule has 4 nitrogen and oxygen atoms in total. The van der Waals surface area contributed by atoms with Crippen molar-refractivity contribution in [2.45, 2.75) is 33.4 Å². The van der Waals surface area contributed by atoms with E-state index in [1.54, 1.807) is 11.3 Å². The maximum atomic E-state index is 12.4. The highest BCUT2D eigenvalue weighted by Gasteiger charge is 2.47. The average Bonchev–Trinajstić information content (AvgIpc) is 3.06. The van der Waals surface area contributed by atoms with E-state index in [9.17, 15) is 4.79 Å². The van der Waals surface area contributed by atoms with Crippen molar-refractivity contribution < 1.29 is 9.53 Å². The number of nitrogens with one attached hydrogen (secondary N) is 1. The van der Waals surface area contributed by atoms with Crippen LogP contribution in [-0.2, 0) is 11.3 Å². The fourth-order valence-corrected chi connectivity index (χ4v) is 4.66. The van der Waals surface area contributed by atoms with Crippen LogP contribution < -0.4 is 10.1 Å². The number of carbonyl (C=O) groups is 1. The normalized spacial score (nSPS) is 19.2. The number of hydrogen-bond acceptors (Lipinski definition) is 4. The van der Waals surface area contributed by atoms with E-state index in [0.29, 0.717) is 25.7 Å². The summed E-state index contributed by atoms with van der Waals surface area (Å²) in [5, 5.41) is 5.13. The van der Waals surface area contributed by atoms with Crippen molar-refractivity contribution in [2.24, 2.45) is 5.41 Å². The predicted molar refractivity (Wildman–Crippen MR) is 102 cm³/mol. The molecule has 1 atom stereocenters. The van der Waals surface area contributed by atoms with Gasteiger partial charge in [-0.25, -0.2) is 0 Å².